The molecule has 0 aliphatic rings. The average molecular weight is 204 g/mol. The van der Waals surface area contributed by atoms with E-state index in [0.29, 0.717) is 16.9 Å². The molecule has 15 heavy (non-hydrogen) atoms. The molecule has 0 unspecified atom stereocenters. The monoisotopic (exact) mass is 204 g/mol. The number of aliphatic hydroxyl groups is 1. The molecule has 0 amide bonds. The first kappa shape index (κ1) is 10.8. The Morgan fingerprint density at radius 3 is 2.60 bits per heavy atom. The van der Waals surface area contributed by atoms with Gasteiger partial charge < -0.3 is 22.0 Å². The summed E-state index contributed by atoms with van der Waals surface area (Å²) in [5.74, 6) is -0.317. The van der Waals surface area contributed by atoms with E-state index in [-0.39, 0.29) is 11.5 Å². The highest BCUT2D eigenvalue weighted by atomic mass is 16.3. The third-order valence-electron chi connectivity index (χ3n) is 1.84. The van der Waals surface area contributed by atoms with Gasteiger partial charge in [-0.25, -0.2) is 0 Å². The topological polar surface area (TPSA) is 120 Å². The molecule has 1 aromatic rings. The zero-order chi connectivity index (χ0) is 11.4. The highest BCUT2D eigenvalue weighted by Crippen LogP contribution is 2.18. The minimum atomic E-state index is -0.317. The van der Waals surface area contributed by atoms with Crippen molar-refractivity contribution in [2.45, 2.75) is 0 Å². The van der Waals surface area contributed by atoms with E-state index in [2.05, 4.69) is 0 Å². The van der Waals surface area contributed by atoms with Crippen molar-refractivity contribution in [3.63, 3.8) is 0 Å². The van der Waals surface area contributed by atoms with Crippen LogP contribution in [0.3, 0.4) is 0 Å². The Bertz CT molecular complexity index is 437. The Balaban J connectivity index is 3.16. The summed E-state index contributed by atoms with van der Waals surface area (Å²) in [4.78, 5) is 0. The van der Waals surface area contributed by atoms with Crippen molar-refractivity contribution in [2.75, 3.05) is 11.5 Å². The molecule has 78 valence electrons. The van der Waals surface area contributed by atoms with Crippen molar-refractivity contribution in [1.82, 2.24) is 0 Å². The second-order valence-electron chi connectivity index (χ2n) is 2.94. The number of hydrogen-bond donors (Lipinski definition) is 5. The van der Waals surface area contributed by atoms with Gasteiger partial charge in [-0.05, 0) is 24.3 Å². The number of benzene rings is 1. The Morgan fingerprint density at radius 2 is 2.00 bits per heavy atom. The number of hydrogen-bond acceptors (Lipinski definition) is 5. The lowest BCUT2D eigenvalue weighted by molar-refractivity contribution is 0.444. The molecule has 0 spiro atoms. The van der Waals surface area contributed by atoms with Crippen molar-refractivity contribution in [3.05, 3.63) is 35.6 Å². The molecule has 1 aromatic carbocycles. The molecule has 5 nitrogen and oxygen atoms in total. The summed E-state index contributed by atoms with van der Waals surface area (Å²) >= 11 is 0. The highest BCUT2D eigenvalue weighted by molar-refractivity contribution is 6.13. The van der Waals surface area contributed by atoms with Crippen LogP contribution in [0.2, 0.25) is 0 Å². The zero-order valence-corrected chi connectivity index (χ0v) is 7.99. The van der Waals surface area contributed by atoms with Crippen LogP contribution in [0.25, 0.3) is 0 Å². The maximum Gasteiger partial charge on any atom is 0.142 e. The van der Waals surface area contributed by atoms with Gasteiger partial charge in [0.05, 0.1) is 0 Å². The molecule has 0 aliphatic carbocycles. The number of nitrogens with two attached hydrogens (primary N) is 2. The molecule has 0 fully saturated rings. The molecular weight excluding hydrogens is 192 g/mol. The van der Waals surface area contributed by atoms with Gasteiger partial charge in [0.1, 0.15) is 11.5 Å². The van der Waals surface area contributed by atoms with E-state index in [1.807, 2.05) is 0 Å². The summed E-state index contributed by atoms with van der Waals surface area (Å²) in [5.41, 5.74) is 12.2. The van der Waals surface area contributed by atoms with Gasteiger partial charge in [0.25, 0.3) is 0 Å². The molecule has 0 aliphatic heterocycles. The number of nitrogen functional groups attached to an aromatic ring is 2. The largest absolute Gasteiger partial charge is 0.506 e. The van der Waals surface area contributed by atoms with Crippen LogP contribution in [0.15, 0.2) is 30.0 Å². The average Bonchev–Trinajstić information content (AvgIpc) is 2.21. The van der Waals surface area contributed by atoms with E-state index in [1.54, 1.807) is 12.1 Å². The molecule has 7 N–H and O–H groups in total. The molecule has 0 saturated carbocycles. The molecule has 0 heterocycles. The molecule has 0 saturated heterocycles. The SMILES string of the molecule is N=C/C=C(\O)C(=N)c1cc(N)ccc1N. The van der Waals surface area contributed by atoms with Gasteiger partial charge >= 0.3 is 0 Å². The van der Waals surface area contributed by atoms with Crippen LogP contribution in [-0.2, 0) is 0 Å². The van der Waals surface area contributed by atoms with Gasteiger partial charge in [-0.1, -0.05) is 0 Å². The smallest absolute Gasteiger partial charge is 0.142 e. The van der Waals surface area contributed by atoms with Crippen molar-refractivity contribution in [3.8, 4) is 0 Å². The lowest BCUT2D eigenvalue weighted by Gasteiger charge is -2.07. The summed E-state index contributed by atoms with van der Waals surface area (Å²) in [7, 11) is 0. The molecule has 0 bridgehead atoms. The minimum absolute atomic E-state index is 0.150. The third-order valence-corrected chi connectivity index (χ3v) is 1.84. The van der Waals surface area contributed by atoms with Gasteiger partial charge in [0, 0.05) is 23.2 Å². The first-order chi connectivity index (χ1) is 7.06. The Labute approximate surface area is 87.0 Å². The molecule has 0 atom stereocenters. The quantitative estimate of drug-likeness (QED) is 0.290. The Kier molecular flexibility index (Phi) is 3.07. The van der Waals surface area contributed by atoms with E-state index >= 15 is 0 Å². The zero-order valence-electron chi connectivity index (χ0n) is 7.99. The number of allylic oxidation sites excluding steroid dienone is 2. The number of rotatable bonds is 3. The van der Waals surface area contributed by atoms with Gasteiger partial charge in [0.2, 0.25) is 0 Å². The standard InChI is InChI=1S/C10H12N4O/c11-4-3-9(15)10(14)7-5-6(12)1-2-8(7)13/h1-5,11,14-15H,12-13H2/b9-3-,11-4?,14-10?. The van der Waals surface area contributed by atoms with Gasteiger partial charge in [-0.2, -0.15) is 0 Å². The summed E-state index contributed by atoms with van der Waals surface area (Å²) in [6, 6.07) is 4.69. The van der Waals surface area contributed by atoms with Gasteiger partial charge in [-0.3, -0.25) is 5.41 Å². The number of aliphatic hydroxyl groups excluding tert-OH is 1. The number of anilines is 2. The van der Waals surface area contributed by atoms with E-state index in [0.717, 1.165) is 12.3 Å². The van der Waals surface area contributed by atoms with Crippen LogP contribution in [0.4, 0.5) is 11.4 Å². The minimum Gasteiger partial charge on any atom is -0.506 e. The van der Waals surface area contributed by atoms with Gasteiger partial charge in [-0.15, -0.1) is 0 Å². The lowest BCUT2D eigenvalue weighted by Crippen LogP contribution is -2.07. The van der Waals surface area contributed by atoms with Crippen LogP contribution in [-0.4, -0.2) is 17.0 Å². The van der Waals surface area contributed by atoms with Crippen molar-refractivity contribution >= 4 is 23.3 Å². The fourth-order valence-electron chi connectivity index (χ4n) is 1.09. The molecular formula is C10H12N4O. The van der Waals surface area contributed by atoms with Crippen LogP contribution >= 0.6 is 0 Å². The first-order valence-corrected chi connectivity index (χ1v) is 4.20. The third kappa shape index (κ3) is 2.34. The van der Waals surface area contributed by atoms with Crippen LogP contribution in [0, 0.1) is 10.8 Å². The molecule has 5 heteroatoms. The first-order valence-electron chi connectivity index (χ1n) is 4.20. The van der Waals surface area contributed by atoms with E-state index in [1.165, 1.54) is 6.07 Å². The lowest BCUT2D eigenvalue weighted by atomic mass is 10.1. The summed E-state index contributed by atoms with van der Waals surface area (Å²) in [5, 5.41) is 23.8. The fraction of sp³-hybridized carbons (Fsp3) is 0. The maximum atomic E-state index is 9.38. The van der Waals surface area contributed by atoms with Crippen molar-refractivity contribution in [2.24, 2.45) is 0 Å². The molecule has 0 aromatic heterocycles. The Hall–Kier alpha value is -2.30. The van der Waals surface area contributed by atoms with Crippen molar-refractivity contribution in [1.29, 1.82) is 10.8 Å². The second-order valence-corrected chi connectivity index (χ2v) is 2.94. The van der Waals surface area contributed by atoms with E-state index < -0.39 is 0 Å². The highest BCUT2D eigenvalue weighted by Gasteiger charge is 2.09. The summed E-state index contributed by atoms with van der Waals surface area (Å²) < 4.78 is 0. The van der Waals surface area contributed by atoms with E-state index in [4.69, 9.17) is 22.3 Å². The fourth-order valence-corrected chi connectivity index (χ4v) is 1.09. The predicted octanol–water partition coefficient (Wildman–Crippen LogP) is 1.31. The predicted molar refractivity (Wildman–Crippen MR) is 61.6 cm³/mol. The number of nitrogens with one attached hydrogen (secondary N) is 2. The molecule has 1 rings (SSSR count). The van der Waals surface area contributed by atoms with Crippen molar-refractivity contribution < 1.29 is 5.11 Å². The summed E-state index contributed by atoms with van der Waals surface area (Å²) in [6.07, 6.45) is 2.00. The second kappa shape index (κ2) is 4.28. The normalized spacial score (nSPS) is 11.1. The maximum absolute atomic E-state index is 9.38. The van der Waals surface area contributed by atoms with Crippen LogP contribution < -0.4 is 11.5 Å². The molecule has 0 radical (unpaired) electrons. The van der Waals surface area contributed by atoms with Crippen LogP contribution in [0.5, 0.6) is 0 Å². The van der Waals surface area contributed by atoms with E-state index in [9.17, 15) is 5.11 Å². The van der Waals surface area contributed by atoms with Crippen LogP contribution in [0.1, 0.15) is 5.56 Å². The summed E-state index contributed by atoms with van der Waals surface area (Å²) in [6.45, 7) is 0. The Morgan fingerprint density at radius 1 is 1.33 bits per heavy atom. The van der Waals surface area contributed by atoms with Gasteiger partial charge in [0.15, 0.2) is 0 Å².